The Labute approximate surface area is 148 Å². The number of halogens is 2. The van der Waals surface area contributed by atoms with Crippen LogP contribution in [0.1, 0.15) is 6.92 Å². The summed E-state index contributed by atoms with van der Waals surface area (Å²) in [4.78, 5) is 24.5. The predicted octanol–water partition coefficient (Wildman–Crippen LogP) is 4.14. The molecule has 7 heteroatoms. The third-order valence-electron chi connectivity index (χ3n) is 2.95. The molecule has 1 amide bonds. The van der Waals surface area contributed by atoms with Gasteiger partial charge in [0.1, 0.15) is 5.82 Å². The Bertz CT molecular complexity index is 741. The van der Waals surface area contributed by atoms with Crippen LogP contribution in [0.3, 0.4) is 0 Å². The van der Waals surface area contributed by atoms with Crippen molar-refractivity contribution >= 4 is 40.9 Å². The van der Waals surface area contributed by atoms with Crippen molar-refractivity contribution in [2.45, 2.75) is 17.9 Å². The monoisotopic (exact) mass is 367 g/mol. The van der Waals surface area contributed by atoms with Gasteiger partial charge in [-0.15, -0.1) is 11.8 Å². The lowest BCUT2D eigenvalue weighted by atomic mass is 10.3. The Morgan fingerprint density at radius 3 is 2.71 bits per heavy atom. The van der Waals surface area contributed by atoms with E-state index in [-0.39, 0.29) is 5.75 Å². The van der Waals surface area contributed by atoms with E-state index in [4.69, 9.17) is 16.3 Å². The van der Waals surface area contributed by atoms with E-state index in [0.717, 1.165) is 4.90 Å². The van der Waals surface area contributed by atoms with E-state index in [9.17, 15) is 14.0 Å². The number of benzene rings is 2. The van der Waals surface area contributed by atoms with Gasteiger partial charge in [0.15, 0.2) is 6.10 Å². The van der Waals surface area contributed by atoms with Crippen LogP contribution in [0, 0.1) is 5.82 Å². The molecule has 4 nitrogen and oxygen atoms in total. The number of hydrogen-bond donors (Lipinski definition) is 1. The summed E-state index contributed by atoms with van der Waals surface area (Å²) in [5.41, 5.74) is 0.299. The van der Waals surface area contributed by atoms with Gasteiger partial charge in [0.2, 0.25) is 0 Å². The number of nitrogens with one attached hydrogen (secondary N) is 1. The van der Waals surface area contributed by atoms with Crippen molar-refractivity contribution in [2.24, 2.45) is 0 Å². The standard InChI is InChI=1S/C17H15ClFNO3S/c1-11(17(22)20-13-6-4-5-12(19)9-13)23-16(21)10-24-15-8-3-2-7-14(15)18/h2-9,11H,10H2,1H3,(H,20,22). The fraction of sp³-hybridized carbons (Fsp3) is 0.176. The van der Waals surface area contributed by atoms with Crippen LogP contribution < -0.4 is 5.32 Å². The molecule has 0 aliphatic rings. The van der Waals surface area contributed by atoms with E-state index < -0.39 is 23.8 Å². The van der Waals surface area contributed by atoms with Gasteiger partial charge in [-0.3, -0.25) is 9.59 Å². The molecular weight excluding hydrogens is 353 g/mol. The predicted molar refractivity (Wildman–Crippen MR) is 92.8 cm³/mol. The lowest BCUT2D eigenvalue weighted by Crippen LogP contribution is -2.30. The molecule has 1 atom stereocenters. The lowest BCUT2D eigenvalue weighted by molar-refractivity contribution is -0.150. The van der Waals surface area contributed by atoms with Crippen molar-refractivity contribution in [3.05, 3.63) is 59.4 Å². The Morgan fingerprint density at radius 1 is 1.25 bits per heavy atom. The van der Waals surface area contributed by atoms with Gasteiger partial charge < -0.3 is 10.1 Å². The molecule has 24 heavy (non-hydrogen) atoms. The molecule has 0 heterocycles. The molecule has 0 aromatic heterocycles. The summed E-state index contributed by atoms with van der Waals surface area (Å²) in [6.45, 7) is 1.45. The van der Waals surface area contributed by atoms with Crippen LogP contribution in [0.5, 0.6) is 0 Å². The number of anilines is 1. The minimum absolute atomic E-state index is 0.0291. The van der Waals surface area contributed by atoms with Gasteiger partial charge >= 0.3 is 5.97 Å². The molecule has 0 saturated heterocycles. The van der Waals surface area contributed by atoms with Gasteiger partial charge in [0.05, 0.1) is 10.8 Å². The number of ether oxygens (including phenoxy) is 1. The summed E-state index contributed by atoms with van der Waals surface area (Å²) in [5, 5.41) is 3.04. The highest BCUT2D eigenvalue weighted by Crippen LogP contribution is 2.26. The Balaban J connectivity index is 1.82. The largest absolute Gasteiger partial charge is 0.452 e. The number of carbonyl (C=O) groups is 2. The molecule has 0 aliphatic heterocycles. The number of carbonyl (C=O) groups excluding carboxylic acids is 2. The minimum atomic E-state index is -0.993. The SMILES string of the molecule is CC(OC(=O)CSc1ccccc1Cl)C(=O)Nc1cccc(F)c1. The number of thioether (sulfide) groups is 1. The molecule has 2 aromatic rings. The van der Waals surface area contributed by atoms with Gasteiger partial charge in [-0.1, -0.05) is 29.8 Å². The van der Waals surface area contributed by atoms with Crippen LogP contribution in [0.2, 0.25) is 5.02 Å². The maximum absolute atomic E-state index is 13.1. The maximum atomic E-state index is 13.1. The molecule has 0 aliphatic carbocycles. The van der Waals surface area contributed by atoms with Crippen LogP contribution in [0.15, 0.2) is 53.4 Å². The average molecular weight is 368 g/mol. The van der Waals surface area contributed by atoms with Crippen molar-refractivity contribution in [2.75, 3.05) is 11.1 Å². The zero-order valence-electron chi connectivity index (χ0n) is 12.8. The number of amides is 1. The van der Waals surface area contributed by atoms with E-state index in [0.29, 0.717) is 10.7 Å². The third kappa shape index (κ3) is 5.54. The van der Waals surface area contributed by atoms with Crippen molar-refractivity contribution in [1.82, 2.24) is 0 Å². The van der Waals surface area contributed by atoms with E-state index >= 15 is 0 Å². The summed E-state index contributed by atoms with van der Waals surface area (Å²) in [5.74, 6) is -1.51. The van der Waals surface area contributed by atoms with Crippen LogP contribution in [0.25, 0.3) is 0 Å². The lowest BCUT2D eigenvalue weighted by Gasteiger charge is -2.13. The molecule has 0 radical (unpaired) electrons. The van der Waals surface area contributed by atoms with E-state index in [1.165, 1.54) is 36.9 Å². The molecule has 2 rings (SSSR count). The Kier molecular flexibility index (Phi) is 6.63. The first kappa shape index (κ1) is 18.3. The van der Waals surface area contributed by atoms with Crippen LogP contribution in [-0.4, -0.2) is 23.7 Å². The number of rotatable bonds is 6. The maximum Gasteiger partial charge on any atom is 0.317 e. The van der Waals surface area contributed by atoms with Crippen molar-refractivity contribution in [3.63, 3.8) is 0 Å². The molecular formula is C17H15ClFNO3S. The van der Waals surface area contributed by atoms with E-state index in [1.54, 1.807) is 24.3 Å². The second-order valence-corrected chi connectivity index (χ2v) is 6.28. The van der Waals surface area contributed by atoms with Gasteiger partial charge in [-0.2, -0.15) is 0 Å². The number of esters is 1. The fourth-order valence-electron chi connectivity index (χ4n) is 1.79. The molecule has 0 bridgehead atoms. The summed E-state index contributed by atoms with van der Waals surface area (Å²) >= 11 is 7.23. The minimum Gasteiger partial charge on any atom is -0.452 e. The quantitative estimate of drug-likeness (QED) is 0.615. The molecule has 0 fully saturated rings. The highest BCUT2D eigenvalue weighted by atomic mass is 35.5. The van der Waals surface area contributed by atoms with Crippen LogP contribution >= 0.6 is 23.4 Å². The van der Waals surface area contributed by atoms with Crippen molar-refractivity contribution in [3.8, 4) is 0 Å². The third-order valence-corrected chi connectivity index (χ3v) is 4.44. The van der Waals surface area contributed by atoms with E-state index in [1.807, 2.05) is 6.07 Å². The van der Waals surface area contributed by atoms with E-state index in [2.05, 4.69) is 5.32 Å². The molecule has 126 valence electrons. The first-order valence-corrected chi connectivity index (χ1v) is 8.45. The van der Waals surface area contributed by atoms with Gasteiger partial charge in [-0.05, 0) is 37.3 Å². The highest BCUT2D eigenvalue weighted by molar-refractivity contribution is 8.00. The summed E-state index contributed by atoms with van der Waals surface area (Å²) < 4.78 is 18.1. The summed E-state index contributed by atoms with van der Waals surface area (Å²) in [6.07, 6.45) is -0.993. The fourth-order valence-corrected chi connectivity index (χ4v) is 2.81. The molecule has 1 unspecified atom stereocenters. The average Bonchev–Trinajstić information content (AvgIpc) is 2.54. The van der Waals surface area contributed by atoms with Crippen molar-refractivity contribution in [1.29, 1.82) is 0 Å². The molecule has 0 saturated carbocycles. The van der Waals surface area contributed by atoms with Crippen molar-refractivity contribution < 1.29 is 18.7 Å². The van der Waals surface area contributed by atoms with Crippen LogP contribution in [0.4, 0.5) is 10.1 Å². The zero-order chi connectivity index (χ0) is 17.5. The second-order valence-electron chi connectivity index (χ2n) is 4.85. The van der Waals surface area contributed by atoms with Gasteiger partial charge in [0.25, 0.3) is 5.91 Å². The van der Waals surface area contributed by atoms with Gasteiger partial charge in [-0.25, -0.2) is 4.39 Å². The van der Waals surface area contributed by atoms with Gasteiger partial charge in [0, 0.05) is 10.6 Å². The Morgan fingerprint density at radius 2 is 2.00 bits per heavy atom. The topological polar surface area (TPSA) is 55.4 Å². The highest BCUT2D eigenvalue weighted by Gasteiger charge is 2.18. The zero-order valence-corrected chi connectivity index (χ0v) is 14.4. The summed E-state index contributed by atoms with van der Waals surface area (Å²) in [7, 11) is 0. The smallest absolute Gasteiger partial charge is 0.317 e. The molecule has 1 N–H and O–H groups in total. The normalized spacial score (nSPS) is 11.6. The second kappa shape index (κ2) is 8.70. The van der Waals surface area contributed by atoms with Crippen LogP contribution in [-0.2, 0) is 14.3 Å². The molecule has 0 spiro atoms. The summed E-state index contributed by atoms with van der Waals surface area (Å²) in [6, 6.07) is 12.6. The Hall–Kier alpha value is -2.05. The first-order valence-electron chi connectivity index (χ1n) is 7.09. The molecule has 2 aromatic carbocycles. The number of hydrogen-bond acceptors (Lipinski definition) is 4. The first-order chi connectivity index (χ1) is 11.5.